The van der Waals surface area contributed by atoms with E-state index < -0.39 is 34.8 Å². The van der Waals surface area contributed by atoms with Crippen LogP contribution in [0.25, 0.3) is 0 Å². The highest BCUT2D eigenvalue weighted by atomic mass is 19.4. The lowest BCUT2D eigenvalue weighted by Crippen LogP contribution is -2.16. The topological polar surface area (TPSA) is 81.9 Å². The van der Waals surface area contributed by atoms with E-state index in [2.05, 4.69) is 20.4 Å². The number of alkyl halides is 3. The summed E-state index contributed by atoms with van der Waals surface area (Å²) in [7, 11) is 0. The second-order valence-electron chi connectivity index (χ2n) is 6.94. The van der Waals surface area contributed by atoms with Gasteiger partial charge in [0, 0.05) is 12.3 Å². The number of benzene rings is 2. The first-order valence-electron chi connectivity index (χ1n) is 9.62. The monoisotopic (exact) mass is 475 g/mol. The minimum Gasteiger partial charge on any atom is -0.454 e. The Balaban J connectivity index is 1.53. The molecule has 0 aliphatic heterocycles. The maximum absolute atomic E-state index is 13.8. The normalized spacial score (nSPS) is 11.3. The average Bonchev–Trinajstić information content (AvgIpc) is 3.21. The number of nitrogens with zero attached hydrogens (tertiary/aromatic N) is 4. The van der Waals surface area contributed by atoms with Gasteiger partial charge < -0.3 is 10.1 Å². The molecular formula is C22H14F5N5O2. The van der Waals surface area contributed by atoms with Crippen LogP contribution in [0, 0.1) is 11.6 Å². The van der Waals surface area contributed by atoms with Crippen molar-refractivity contribution in [2.75, 3.05) is 5.32 Å². The number of anilines is 1. The first-order valence-corrected chi connectivity index (χ1v) is 9.62. The van der Waals surface area contributed by atoms with Gasteiger partial charge in [-0.1, -0.05) is 12.1 Å². The van der Waals surface area contributed by atoms with Crippen LogP contribution in [0.3, 0.4) is 0 Å². The molecule has 4 aromatic rings. The molecule has 0 aliphatic rings. The van der Waals surface area contributed by atoms with Gasteiger partial charge in [-0.15, -0.1) is 0 Å². The summed E-state index contributed by atoms with van der Waals surface area (Å²) in [6, 6.07) is 7.67. The summed E-state index contributed by atoms with van der Waals surface area (Å²) in [5.41, 5.74) is -1.86. The molecule has 0 bridgehead atoms. The molecule has 2 heterocycles. The molecule has 1 N–H and O–H groups in total. The molecule has 7 nitrogen and oxygen atoms in total. The summed E-state index contributed by atoms with van der Waals surface area (Å²) in [5.74, 6) is -3.19. The lowest BCUT2D eigenvalue weighted by Gasteiger charge is -2.15. The third kappa shape index (κ3) is 5.17. The quantitative estimate of drug-likeness (QED) is 0.394. The number of nitrogens with one attached hydrogen (secondary N) is 1. The van der Waals surface area contributed by atoms with Crippen LogP contribution in [0.15, 0.2) is 67.4 Å². The molecule has 0 radical (unpaired) electrons. The Morgan fingerprint density at radius 3 is 2.38 bits per heavy atom. The van der Waals surface area contributed by atoms with Gasteiger partial charge in [0.05, 0.1) is 24.5 Å². The van der Waals surface area contributed by atoms with Crippen molar-refractivity contribution in [3.8, 4) is 11.5 Å². The zero-order valence-corrected chi connectivity index (χ0v) is 17.1. The molecule has 12 heteroatoms. The maximum atomic E-state index is 13.8. The highest BCUT2D eigenvalue weighted by Gasteiger charge is 2.34. The van der Waals surface area contributed by atoms with Gasteiger partial charge in [0.2, 0.25) is 0 Å². The number of carbonyl (C=O) groups is 1. The number of rotatable bonds is 6. The number of hydrogen-bond donors (Lipinski definition) is 1. The Labute approximate surface area is 188 Å². The molecule has 34 heavy (non-hydrogen) atoms. The molecular weight excluding hydrogens is 461 g/mol. The zero-order valence-electron chi connectivity index (χ0n) is 17.1. The van der Waals surface area contributed by atoms with Gasteiger partial charge >= 0.3 is 6.18 Å². The molecule has 2 aromatic heterocycles. The standard InChI is InChI=1S/C22H14F5N5O2/c23-17-2-1-3-18(24)20(17)21(33)30-19-6-7-32(31-19)11-13-4-5-14(8-16(13)22(25,26)27)34-15-9-28-12-29-10-15/h1-10,12H,11H2,(H,30,31,33). The summed E-state index contributed by atoms with van der Waals surface area (Å²) >= 11 is 0. The van der Waals surface area contributed by atoms with Crippen LogP contribution in [-0.4, -0.2) is 25.7 Å². The Bertz CT molecular complexity index is 1300. The van der Waals surface area contributed by atoms with Gasteiger partial charge in [0.1, 0.15) is 29.3 Å². The fourth-order valence-electron chi connectivity index (χ4n) is 3.08. The summed E-state index contributed by atoms with van der Waals surface area (Å²) < 4.78 is 75.1. The Morgan fingerprint density at radius 2 is 1.71 bits per heavy atom. The molecule has 1 amide bonds. The first kappa shape index (κ1) is 22.8. The highest BCUT2D eigenvalue weighted by molar-refractivity contribution is 6.04. The van der Waals surface area contributed by atoms with Crippen molar-refractivity contribution in [3.05, 3.63) is 95.7 Å². The fourth-order valence-corrected chi connectivity index (χ4v) is 3.08. The van der Waals surface area contributed by atoms with E-state index >= 15 is 0 Å². The van der Waals surface area contributed by atoms with Crippen molar-refractivity contribution in [2.45, 2.75) is 12.7 Å². The molecule has 0 aliphatic carbocycles. The number of ether oxygens (including phenoxy) is 1. The van der Waals surface area contributed by atoms with Crippen LogP contribution < -0.4 is 10.1 Å². The zero-order chi connectivity index (χ0) is 24.3. The van der Waals surface area contributed by atoms with E-state index in [-0.39, 0.29) is 29.4 Å². The largest absolute Gasteiger partial charge is 0.454 e. The van der Waals surface area contributed by atoms with E-state index in [0.29, 0.717) is 0 Å². The van der Waals surface area contributed by atoms with Crippen molar-refractivity contribution in [2.24, 2.45) is 0 Å². The molecule has 4 rings (SSSR count). The predicted molar refractivity (Wildman–Crippen MR) is 109 cm³/mol. The number of hydrogen-bond acceptors (Lipinski definition) is 5. The molecule has 0 unspecified atom stereocenters. The van der Waals surface area contributed by atoms with Crippen LogP contribution in [0.4, 0.5) is 27.8 Å². The molecule has 174 valence electrons. The van der Waals surface area contributed by atoms with Gasteiger partial charge in [-0.05, 0) is 29.8 Å². The first-order chi connectivity index (χ1) is 16.2. The van der Waals surface area contributed by atoms with Gasteiger partial charge in [-0.3, -0.25) is 9.48 Å². The number of aromatic nitrogens is 4. The minimum absolute atomic E-state index is 0.0637. The Hall–Kier alpha value is -4.35. The second kappa shape index (κ2) is 9.25. The van der Waals surface area contributed by atoms with Gasteiger partial charge in [-0.25, -0.2) is 18.7 Å². The van der Waals surface area contributed by atoms with E-state index in [0.717, 1.165) is 28.9 Å². The van der Waals surface area contributed by atoms with Crippen molar-refractivity contribution in [3.63, 3.8) is 0 Å². The third-order valence-electron chi connectivity index (χ3n) is 4.56. The van der Waals surface area contributed by atoms with Crippen LogP contribution in [0.2, 0.25) is 0 Å². The Kier molecular flexibility index (Phi) is 6.21. The van der Waals surface area contributed by atoms with Crippen molar-refractivity contribution >= 4 is 11.7 Å². The van der Waals surface area contributed by atoms with Gasteiger partial charge in [0.15, 0.2) is 11.6 Å². The summed E-state index contributed by atoms with van der Waals surface area (Å²) in [4.78, 5) is 19.7. The van der Waals surface area contributed by atoms with Crippen molar-refractivity contribution in [1.29, 1.82) is 0 Å². The van der Waals surface area contributed by atoms with E-state index in [1.54, 1.807) is 0 Å². The average molecular weight is 475 g/mol. The van der Waals surface area contributed by atoms with Crippen LogP contribution in [-0.2, 0) is 12.7 Å². The van der Waals surface area contributed by atoms with Gasteiger partial charge in [-0.2, -0.15) is 18.3 Å². The minimum atomic E-state index is -4.69. The van der Waals surface area contributed by atoms with Crippen LogP contribution in [0.1, 0.15) is 21.5 Å². The van der Waals surface area contributed by atoms with Crippen LogP contribution >= 0.6 is 0 Å². The number of amides is 1. The predicted octanol–water partition coefficient (Wildman–Crippen LogP) is 5.06. The van der Waals surface area contributed by atoms with Crippen LogP contribution in [0.5, 0.6) is 11.5 Å². The summed E-state index contributed by atoms with van der Waals surface area (Å²) in [5, 5.41) is 6.19. The maximum Gasteiger partial charge on any atom is 0.416 e. The lowest BCUT2D eigenvalue weighted by molar-refractivity contribution is -0.138. The van der Waals surface area contributed by atoms with E-state index in [4.69, 9.17) is 4.74 Å². The summed E-state index contributed by atoms with van der Waals surface area (Å²) in [6.07, 6.45) is 0.500. The van der Waals surface area contributed by atoms with Gasteiger partial charge in [0.25, 0.3) is 5.91 Å². The molecule has 0 spiro atoms. The molecule has 0 saturated carbocycles. The smallest absolute Gasteiger partial charge is 0.416 e. The second-order valence-corrected chi connectivity index (χ2v) is 6.94. The van der Waals surface area contributed by atoms with E-state index in [1.165, 1.54) is 43.1 Å². The fraction of sp³-hybridized carbons (Fsp3) is 0.0909. The van der Waals surface area contributed by atoms with E-state index in [9.17, 15) is 26.7 Å². The Morgan fingerprint density at radius 1 is 1.00 bits per heavy atom. The van der Waals surface area contributed by atoms with E-state index in [1.807, 2.05) is 0 Å². The third-order valence-corrected chi connectivity index (χ3v) is 4.56. The molecule has 0 fully saturated rings. The number of halogens is 5. The lowest BCUT2D eigenvalue weighted by atomic mass is 10.1. The summed E-state index contributed by atoms with van der Waals surface area (Å²) in [6.45, 7) is -0.298. The van der Waals surface area contributed by atoms with Crippen molar-refractivity contribution < 1.29 is 31.5 Å². The highest BCUT2D eigenvalue weighted by Crippen LogP contribution is 2.36. The molecule has 0 atom stereocenters. The number of carbonyl (C=O) groups excluding carboxylic acids is 1. The van der Waals surface area contributed by atoms with Crippen molar-refractivity contribution in [1.82, 2.24) is 19.7 Å². The SMILES string of the molecule is O=C(Nc1ccn(Cc2ccc(Oc3cncnc3)cc2C(F)(F)F)n1)c1c(F)cccc1F. The molecule has 0 saturated heterocycles. The molecule has 2 aromatic carbocycles.